The second-order valence-corrected chi connectivity index (χ2v) is 11.9. The number of carbonyl (C=O) groups is 1. The molecule has 4 rings (SSSR count). The molecule has 2 amide bonds. The van der Waals surface area contributed by atoms with E-state index in [2.05, 4.69) is 15.6 Å². The average molecular weight is 630 g/mol. The number of anilines is 1. The normalized spacial score (nSPS) is 11.6. The van der Waals surface area contributed by atoms with E-state index in [1.807, 2.05) is 25.8 Å². The standard InChI is InChI=1S/C31H37F2N5O5S/c1-19(2)13-14-37-28(39)26-23(17-36(3)15-16-42-4)27(20-9-11-21(12-10-20)34-30(40)35-43-5)44-29(26)38(31(37)41)18-22-24(32)7-6-8-25(22)33/h6-12,19H,13-18H2,1-5H3,(H2,34,35,40). The topological polar surface area (TPSA) is 107 Å². The molecule has 2 aromatic carbocycles. The lowest BCUT2D eigenvalue weighted by molar-refractivity contribution is 0.114. The summed E-state index contributed by atoms with van der Waals surface area (Å²) in [4.78, 5) is 47.5. The molecule has 0 aliphatic heterocycles. The minimum atomic E-state index is -0.776. The van der Waals surface area contributed by atoms with E-state index in [0.29, 0.717) is 47.6 Å². The maximum Gasteiger partial charge on any atom is 0.343 e. The fraction of sp³-hybridized carbons (Fsp3) is 0.387. The van der Waals surface area contributed by atoms with Gasteiger partial charge < -0.3 is 10.1 Å². The Morgan fingerprint density at radius 3 is 2.32 bits per heavy atom. The van der Waals surface area contributed by atoms with Crippen molar-refractivity contribution in [3.63, 3.8) is 0 Å². The van der Waals surface area contributed by atoms with Gasteiger partial charge in [-0.3, -0.25) is 23.7 Å². The molecule has 0 radical (unpaired) electrons. The zero-order chi connectivity index (χ0) is 32.0. The number of hydrogen-bond acceptors (Lipinski definition) is 7. The molecule has 0 bridgehead atoms. The van der Waals surface area contributed by atoms with E-state index in [-0.39, 0.29) is 24.6 Å². The van der Waals surface area contributed by atoms with Gasteiger partial charge in [0.25, 0.3) is 5.56 Å². The molecule has 0 atom stereocenters. The van der Waals surface area contributed by atoms with E-state index < -0.39 is 28.9 Å². The lowest BCUT2D eigenvalue weighted by atomic mass is 10.1. The lowest BCUT2D eigenvalue weighted by Crippen LogP contribution is -2.40. The zero-order valence-corrected chi connectivity index (χ0v) is 26.2. The van der Waals surface area contributed by atoms with Crippen LogP contribution in [0.2, 0.25) is 0 Å². The number of nitrogens with zero attached hydrogens (tertiary/aromatic N) is 3. The number of benzene rings is 2. The molecule has 0 saturated heterocycles. The van der Waals surface area contributed by atoms with Crippen molar-refractivity contribution in [2.75, 3.05) is 39.7 Å². The van der Waals surface area contributed by atoms with Crippen LogP contribution in [0.5, 0.6) is 0 Å². The maximum atomic E-state index is 14.8. The van der Waals surface area contributed by atoms with Gasteiger partial charge in [0.1, 0.15) is 16.5 Å². The highest BCUT2D eigenvalue weighted by Crippen LogP contribution is 2.38. The smallest absolute Gasteiger partial charge is 0.343 e. The van der Waals surface area contributed by atoms with Gasteiger partial charge in [-0.15, -0.1) is 11.3 Å². The second-order valence-electron chi connectivity index (χ2n) is 10.9. The third-order valence-electron chi connectivity index (χ3n) is 7.17. The minimum Gasteiger partial charge on any atom is -0.383 e. The molecule has 13 heteroatoms. The Labute approximate surface area is 257 Å². The number of fused-ring (bicyclic) bond motifs is 1. The number of carbonyl (C=O) groups excluding carboxylic acids is 1. The number of halogens is 2. The van der Waals surface area contributed by atoms with Crippen LogP contribution in [0.1, 0.15) is 31.4 Å². The molecule has 2 aromatic heterocycles. The summed E-state index contributed by atoms with van der Waals surface area (Å²) in [5, 5.41) is 2.98. The molecule has 0 fully saturated rings. The summed E-state index contributed by atoms with van der Waals surface area (Å²) in [6.45, 7) is 5.16. The number of thiophene rings is 1. The Hall–Kier alpha value is -3.91. The van der Waals surface area contributed by atoms with Gasteiger partial charge in [0.15, 0.2) is 0 Å². The number of rotatable bonds is 13. The van der Waals surface area contributed by atoms with Crippen molar-refractivity contribution in [2.45, 2.75) is 39.9 Å². The Kier molecular flexibility index (Phi) is 11.0. The van der Waals surface area contributed by atoms with Gasteiger partial charge in [0, 0.05) is 42.9 Å². The summed E-state index contributed by atoms with van der Waals surface area (Å²) < 4.78 is 37.4. The highest BCUT2D eigenvalue weighted by molar-refractivity contribution is 7.22. The minimum absolute atomic E-state index is 0.166. The van der Waals surface area contributed by atoms with Crippen LogP contribution in [0.4, 0.5) is 19.3 Å². The molecule has 2 N–H and O–H groups in total. The molecule has 0 aliphatic carbocycles. The summed E-state index contributed by atoms with van der Waals surface area (Å²) in [5.74, 6) is -1.34. The van der Waals surface area contributed by atoms with E-state index in [9.17, 15) is 23.2 Å². The van der Waals surface area contributed by atoms with Crippen molar-refractivity contribution in [3.8, 4) is 10.4 Å². The van der Waals surface area contributed by atoms with Crippen LogP contribution >= 0.6 is 11.3 Å². The Bertz CT molecular complexity index is 1710. The number of ether oxygens (including phenoxy) is 1. The van der Waals surface area contributed by atoms with Gasteiger partial charge in [-0.05, 0) is 54.8 Å². The van der Waals surface area contributed by atoms with Crippen molar-refractivity contribution < 1.29 is 23.1 Å². The largest absolute Gasteiger partial charge is 0.383 e. The molecule has 10 nitrogen and oxygen atoms in total. The van der Waals surface area contributed by atoms with Gasteiger partial charge in [-0.1, -0.05) is 32.0 Å². The highest BCUT2D eigenvalue weighted by atomic mass is 32.1. The maximum absolute atomic E-state index is 14.8. The first kappa shape index (κ1) is 33.0. The summed E-state index contributed by atoms with van der Waals surface area (Å²) in [5.41, 5.74) is 2.79. The van der Waals surface area contributed by atoms with E-state index in [1.165, 1.54) is 33.6 Å². The van der Waals surface area contributed by atoms with Crippen LogP contribution in [0, 0.1) is 17.6 Å². The third-order valence-corrected chi connectivity index (χ3v) is 8.47. The van der Waals surface area contributed by atoms with Gasteiger partial charge in [-0.2, -0.15) is 0 Å². The van der Waals surface area contributed by atoms with E-state index in [0.717, 1.165) is 22.6 Å². The van der Waals surface area contributed by atoms with E-state index in [4.69, 9.17) is 4.74 Å². The van der Waals surface area contributed by atoms with Gasteiger partial charge >= 0.3 is 11.7 Å². The van der Waals surface area contributed by atoms with Crippen LogP contribution in [0.3, 0.4) is 0 Å². The summed E-state index contributed by atoms with van der Waals surface area (Å²) in [7, 11) is 4.83. The second kappa shape index (κ2) is 14.7. The molecular weight excluding hydrogens is 592 g/mol. The number of hydroxylamine groups is 1. The van der Waals surface area contributed by atoms with Crippen molar-refractivity contribution >= 4 is 33.3 Å². The summed E-state index contributed by atoms with van der Waals surface area (Å²) in [6, 6.07) is 10.0. The third kappa shape index (κ3) is 7.41. The highest BCUT2D eigenvalue weighted by Gasteiger charge is 2.25. The van der Waals surface area contributed by atoms with Crippen LogP contribution < -0.4 is 22.0 Å². The molecule has 44 heavy (non-hydrogen) atoms. The fourth-order valence-electron chi connectivity index (χ4n) is 4.82. The number of methoxy groups -OCH3 is 1. The van der Waals surface area contributed by atoms with Crippen LogP contribution in [0.25, 0.3) is 20.7 Å². The molecule has 0 unspecified atom stereocenters. The molecular formula is C31H37F2N5O5S. The zero-order valence-electron chi connectivity index (χ0n) is 25.4. The van der Waals surface area contributed by atoms with Gasteiger partial charge in [0.2, 0.25) is 0 Å². The first-order valence-corrected chi connectivity index (χ1v) is 15.0. The Morgan fingerprint density at radius 1 is 1.02 bits per heavy atom. The molecule has 0 saturated carbocycles. The number of aromatic nitrogens is 2. The number of likely N-dealkylation sites (N-methyl/N-ethyl adjacent to an activating group) is 1. The van der Waals surface area contributed by atoms with Crippen molar-refractivity contribution in [3.05, 3.63) is 86.1 Å². The predicted octanol–water partition coefficient (Wildman–Crippen LogP) is 5.03. The van der Waals surface area contributed by atoms with Crippen molar-refractivity contribution in [1.29, 1.82) is 0 Å². The summed E-state index contributed by atoms with van der Waals surface area (Å²) >= 11 is 1.22. The number of hydrogen-bond donors (Lipinski definition) is 2. The molecule has 0 spiro atoms. The predicted molar refractivity (Wildman–Crippen MR) is 168 cm³/mol. The lowest BCUT2D eigenvalue weighted by Gasteiger charge is -2.18. The quantitative estimate of drug-likeness (QED) is 0.201. The van der Waals surface area contributed by atoms with E-state index in [1.54, 1.807) is 31.4 Å². The Balaban J connectivity index is 1.97. The molecule has 4 aromatic rings. The average Bonchev–Trinajstić information content (AvgIpc) is 3.34. The van der Waals surface area contributed by atoms with Crippen LogP contribution in [-0.4, -0.2) is 54.5 Å². The van der Waals surface area contributed by atoms with Crippen LogP contribution in [-0.2, 0) is 29.2 Å². The molecule has 0 aliphatic rings. The SMILES string of the molecule is COCCN(C)Cc1c(-c2ccc(NC(=O)NOC)cc2)sc2c1c(=O)n(CCC(C)C)c(=O)n2Cc1c(F)cccc1F. The number of nitrogens with one attached hydrogen (secondary N) is 2. The van der Waals surface area contributed by atoms with E-state index >= 15 is 0 Å². The van der Waals surface area contributed by atoms with Crippen molar-refractivity contribution in [2.24, 2.45) is 5.92 Å². The number of amides is 2. The monoisotopic (exact) mass is 629 g/mol. The molecule has 2 heterocycles. The summed E-state index contributed by atoms with van der Waals surface area (Å²) in [6.07, 6.45) is 0.569. The fourth-order valence-corrected chi connectivity index (χ4v) is 6.12. The Morgan fingerprint density at radius 2 is 1.70 bits per heavy atom. The van der Waals surface area contributed by atoms with Gasteiger partial charge in [0.05, 0.1) is 25.6 Å². The first-order valence-electron chi connectivity index (χ1n) is 14.1. The molecule has 236 valence electrons. The first-order chi connectivity index (χ1) is 21.0. The van der Waals surface area contributed by atoms with Crippen molar-refractivity contribution in [1.82, 2.24) is 19.5 Å². The van der Waals surface area contributed by atoms with Crippen LogP contribution in [0.15, 0.2) is 52.1 Å². The number of urea groups is 1. The van der Waals surface area contributed by atoms with Gasteiger partial charge in [-0.25, -0.2) is 23.9 Å².